The zero-order valence-electron chi connectivity index (χ0n) is 15.1. The van der Waals surface area contributed by atoms with Gasteiger partial charge in [0.25, 0.3) is 5.91 Å². The van der Waals surface area contributed by atoms with Gasteiger partial charge in [-0.2, -0.15) is 0 Å². The third kappa shape index (κ3) is 3.60. The molecule has 1 aromatic heterocycles. The Balaban J connectivity index is 1.52. The van der Waals surface area contributed by atoms with Crippen molar-refractivity contribution in [2.24, 2.45) is 0 Å². The van der Waals surface area contributed by atoms with Crippen LogP contribution < -0.4 is 5.32 Å². The van der Waals surface area contributed by atoms with Crippen LogP contribution in [-0.4, -0.2) is 65.4 Å². The van der Waals surface area contributed by atoms with E-state index in [2.05, 4.69) is 10.3 Å². The maximum atomic E-state index is 13.2. The number of aromatic nitrogens is 1. The largest absolute Gasteiger partial charge is 0.366 e. The highest BCUT2D eigenvalue weighted by Crippen LogP contribution is 2.26. The van der Waals surface area contributed by atoms with Crippen LogP contribution in [0.15, 0.2) is 36.7 Å². The maximum Gasteiger partial charge on any atom is 0.256 e. The Morgan fingerprint density at radius 2 is 1.96 bits per heavy atom. The zero-order valence-corrected chi connectivity index (χ0v) is 15.1. The van der Waals surface area contributed by atoms with Gasteiger partial charge in [-0.15, -0.1) is 0 Å². The number of piperidine rings is 1. The second-order valence-corrected chi connectivity index (χ2v) is 7.10. The number of nitrogens with one attached hydrogen (secondary N) is 2. The van der Waals surface area contributed by atoms with Crippen LogP contribution in [0.3, 0.4) is 0 Å². The Labute approximate surface area is 157 Å². The van der Waals surface area contributed by atoms with Crippen molar-refractivity contribution < 1.29 is 14.0 Å². The van der Waals surface area contributed by atoms with Gasteiger partial charge >= 0.3 is 0 Å². The average Bonchev–Trinajstić information content (AvgIpc) is 3.18. The van der Waals surface area contributed by atoms with Crippen molar-refractivity contribution in [2.45, 2.75) is 18.9 Å². The van der Waals surface area contributed by atoms with Crippen LogP contribution in [0, 0.1) is 5.82 Å². The molecule has 142 valence electrons. The first-order valence-corrected chi connectivity index (χ1v) is 9.35. The maximum absolute atomic E-state index is 13.2. The lowest BCUT2D eigenvalue weighted by atomic mass is 10.00. The number of amides is 2. The number of rotatable bonds is 3. The van der Waals surface area contributed by atoms with Crippen molar-refractivity contribution in [3.8, 4) is 11.1 Å². The van der Waals surface area contributed by atoms with Crippen LogP contribution in [0.2, 0.25) is 0 Å². The van der Waals surface area contributed by atoms with Crippen molar-refractivity contribution in [1.82, 2.24) is 20.1 Å². The van der Waals surface area contributed by atoms with E-state index >= 15 is 0 Å². The molecule has 1 aromatic carbocycles. The number of benzene rings is 1. The molecule has 3 heterocycles. The normalized spacial score (nSPS) is 20.8. The van der Waals surface area contributed by atoms with Crippen LogP contribution in [-0.2, 0) is 4.79 Å². The van der Waals surface area contributed by atoms with Gasteiger partial charge in [-0.3, -0.25) is 9.59 Å². The Kier molecular flexibility index (Phi) is 4.94. The third-order valence-electron chi connectivity index (χ3n) is 5.38. The smallest absolute Gasteiger partial charge is 0.256 e. The summed E-state index contributed by atoms with van der Waals surface area (Å²) < 4.78 is 13.2. The number of likely N-dealkylation sites (tertiary alicyclic amines) is 1. The monoisotopic (exact) mass is 370 g/mol. The van der Waals surface area contributed by atoms with E-state index in [0.29, 0.717) is 31.7 Å². The van der Waals surface area contributed by atoms with Gasteiger partial charge in [0, 0.05) is 50.2 Å². The molecule has 27 heavy (non-hydrogen) atoms. The Hall–Kier alpha value is -2.67. The number of carbonyl (C=O) groups excluding carboxylic acids is 2. The first-order chi connectivity index (χ1) is 13.1. The Bertz CT molecular complexity index is 833. The van der Waals surface area contributed by atoms with E-state index in [1.165, 1.54) is 12.1 Å². The van der Waals surface area contributed by atoms with Gasteiger partial charge in [-0.25, -0.2) is 4.39 Å². The fourth-order valence-corrected chi connectivity index (χ4v) is 3.98. The lowest BCUT2D eigenvalue weighted by Crippen LogP contribution is -2.57. The average molecular weight is 370 g/mol. The minimum atomic E-state index is -0.304. The Morgan fingerprint density at radius 3 is 2.74 bits per heavy atom. The van der Waals surface area contributed by atoms with E-state index in [0.717, 1.165) is 30.5 Å². The molecule has 0 saturated carbocycles. The molecule has 0 radical (unpaired) electrons. The molecule has 2 aromatic rings. The van der Waals surface area contributed by atoms with E-state index < -0.39 is 0 Å². The standard InChI is InChI=1S/C20H23FN4O2/c21-15-5-3-14(4-6-15)17-10-23-11-18(17)20(27)24-8-1-2-16(13-24)25-9-7-22-12-19(25)26/h3-6,10-11,16,22-23H,1-2,7-9,12-13H2. The number of nitrogens with zero attached hydrogens (tertiary/aromatic N) is 2. The molecule has 0 bridgehead atoms. The summed E-state index contributed by atoms with van der Waals surface area (Å²) in [6, 6.07) is 6.21. The van der Waals surface area contributed by atoms with Crippen LogP contribution in [0.5, 0.6) is 0 Å². The molecule has 2 aliphatic heterocycles. The highest BCUT2D eigenvalue weighted by atomic mass is 19.1. The molecule has 2 fully saturated rings. The van der Waals surface area contributed by atoms with E-state index in [4.69, 9.17) is 0 Å². The highest BCUT2D eigenvalue weighted by Gasteiger charge is 2.32. The molecule has 0 aliphatic carbocycles. The van der Waals surface area contributed by atoms with Crippen molar-refractivity contribution >= 4 is 11.8 Å². The fourth-order valence-electron chi connectivity index (χ4n) is 3.98. The summed E-state index contributed by atoms with van der Waals surface area (Å²) in [5, 5.41) is 3.09. The lowest BCUT2D eigenvalue weighted by Gasteiger charge is -2.41. The summed E-state index contributed by atoms with van der Waals surface area (Å²) in [6.07, 6.45) is 5.26. The molecule has 2 saturated heterocycles. The van der Waals surface area contributed by atoms with Gasteiger partial charge in [0.15, 0.2) is 0 Å². The van der Waals surface area contributed by atoms with E-state index in [9.17, 15) is 14.0 Å². The highest BCUT2D eigenvalue weighted by molar-refractivity contribution is 6.00. The summed E-state index contributed by atoms with van der Waals surface area (Å²) in [5.41, 5.74) is 2.14. The summed E-state index contributed by atoms with van der Waals surface area (Å²) in [4.78, 5) is 32.1. The van der Waals surface area contributed by atoms with Gasteiger partial charge in [0.2, 0.25) is 5.91 Å². The van der Waals surface area contributed by atoms with Crippen molar-refractivity contribution in [3.05, 3.63) is 48.0 Å². The molecule has 7 heteroatoms. The molecule has 2 N–H and O–H groups in total. The van der Waals surface area contributed by atoms with Gasteiger partial charge in [0.05, 0.1) is 12.1 Å². The lowest BCUT2D eigenvalue weighted by molar-refractivity contribution is -0.135. The molecule has 0 spiro atoms. The van der Waals surface area contributed by atoms with Crippen molar-refractivity contribution in [2.75, 3.05) is 32.7 Å². The second kappa shape index (κ2) is 7.52. The zero-order chi connectivity index (χ0) is 18.8. The van der Waals surface area contributed by atoms with E-state index in [-0.39, 0.29) is 23.7 Å². The van der Waals surface area contributed by atoms with Gasteiger partial charge < -0.3 is 20.1 Å². The molecule has 4 rings (SSSR count). The fraction of sp³-hybridized carbons (Fsp3) is 0.400. The van der Waals surface area contributed by atoms with Crippen LogP contribution in [0.1, 0.15) is 23.2 Å². The van der Waals surface area contributed by atoms with Gasteiger partial charge in [-0.05, 0) is 30.5 Å². The second-order valence-electron chi connectivity index (χ2n) is 7.10. The predicted octanol–water partition coefficient (Wildman–Crippen LogP) is 1.86. The number of halogens is 1. The summed E-state index contributed by atoms with van der Waals surface area (Å²) in [5.74, 6) is -0.251. The molecule has 1 atom stereocenters. The van der Waals surface area contributed by atoms with Gasteiger partial charge in [-0.1, -0.05) is 12.1 Å². The van der Waals surface area contributed by atoms with Crippen molar-refractivity contribution in [1.29, 1.82) is 0 Å². The predicted molar refractivity (Wildman–Crippen MR) is 99.7 cm³/mol. The molecule has 2 aliphatic rings. The number of hydrogen-bond acceptors (Lipinski definition) is 3. The number of H-pyrrole nitrogens is 1. The minimum Gasteiger partial charge on any atom is -0.366 e. The molecular weight excluding hydrogens is 347 g/mol. The minimum absolute atomic E-state index is 0.0529. The van der Waals surface area contributed by atoms with Crippen LogP contribution >= 0.6 is 0 Å². The molecular formula is C20H23FN4O2. The number of carbonyl (C=O) groups is 2. The van der Waals surface area contributed by atoms with E-state index in [1.807, 2.05) is 9.80 Å². The molecule has 2 amide bonds. The quantitative estimate of drug-likeness (QED) is 0.867. The molecule has 1 unspecified atom stereocenters. The summed E-state index contributed by atoms with van der Waals surface area (Å²) in [7, 11) is 0. The van der Waals surface area contributed by atoms with Crippen molar-refractivity contribution in [3.63, 3.8) is 0 Å². The van der Waals surface area contributed by atoms with Crippen LogP contribution in [0.4, 0.5) is 4.39 Å². The first kappa shape index (κ1) is 17.7. The Morgan fingerprint density at radius 1 is 1.15 bits per heavy atom. The first-order valence-electron chi connectivity index (χ1n) is 9.35. The number of piperazine rings is 1. The topological polar surface area (TPSA) is 68.4 Å². The number of hydrogen-bond donors (Lipinski definition) is 2. The van der Waals surface area contributed by atoms with Gasteiger partial charge in [0.1, 0.15) is 5.82 Å². The SMILES string of the molecule is O=C(c1c[nH]cc1-c1ccc(F)cc1)N1CCCC(N2CCNCC2=O)C1. The third-order valence-corrected chi connectivity index (χ3v) is 5.38. The molecule has 6 nitrogen and oxygen atoms in total. The van der Waals surface area contributed by atoms with E-state index in [1.54, 1.807) is 24.5 Å². The summed E-state index contributed by atoms with van der Waals surface area (Å²) >= 11 is 0. The van der Waals surface area contributed by atoms with Crippen LogP contribution in [0.25, 0.3) is 11.1 Å². The number of aromatic amines is 1. The summed E-state index contributed by atoms with van der Waals surface area (Å²) in [6.45, 7) is 3.10.